The normalized spacial score (nSPS) is 11.1. The molecule has 0 fully saturated rings. The first-order valence-electron chi connectivity index (χ1n) is 11.9. The molecule has 3 rings (SSSR count). The van der Waals surface area contributed by atoms with Crippen molar-refractivity contribution in [2.45, 2.75) is 25.7 Å². The first-order chi connectivity index (χ1) is 16.8. The highest BCUT2D eigenvalue weighted by molar-refractivity contribution is 5.81. The van der Waals surface area contributed by atoms with E-state index in [2.05, 4.69) is 86.0 Å². The van der Waals surface area contributed by atoms with E-state index in [1.807, 2.05) is 24.3 Å². The minimum Gasteiger partial charge on any atom is -0.493 e. The van der Waals surface area contributed by atoms with E-state index in [1.54, 1.807) is 12.2 Å². The number of unbranched alkanes of at least 4 members (excludes halogenated alkanes) is 2. The van der Waals surface area contributed by atoms with Crippen LogP contribution in [0.1, 0.15) is 25.7 Å². The van der Waals surface area contributed by atoms with Gasteiger partial charge in [-0.15, -0.1) is 0 Å². The zero-order valence-electron chi connectivity index (χ0n) is 19.9. The second-order valence-electron chi connectivity index (χ2n) is 7.89. The Balaban J connectivity index is 1.91. The fourth-order valence-electron chi connectivity index (χ4n) is 3.64. The summed E-state index contributed by atoms with van der Waals surface area (Å²) in [7, 11) is 0. The van der Waals surface area contributed by atoms with Crippen LogP contribution in [-0.4, -0.2) is 13.2 Å². The highest BCUT2D eigenvalue weighted by atomic mass is 16.5. The number of hydrogen-bond donors (Lipinski definition) is 0. The Bertz CT molecular complexity index is 990. The fraction of sp³-hybridized carbons (Fsp3) is 0.188. The van der Waals surface area contributed by atoms with Crippen molar-refractivity contribution in [1.29, 1.82) is 0 Å². The lowest BCUT2D eigenvalue weighted by molar-refractivity contribution is 0.305. The average molecular weight is 451 g/mol. The van der Waals surface area contributed by atoms with Crippen LogP contribution >= 0.6 is 0 Å². The second-order valence-corrected chi connectivity index (χ2v) is 7.89. The van der Waals surface area contributed by atoms with Gasteiger partial charge in [-0.1, -0.05) is 110 Å². The van der Waals surface area contributed by atoms with Crippen molar-refractivity contribution in [3.05, 3.63) is 122 Å². The van der Waals surface area contributed by atoms with Crippen LogP contribution in [0.25, 0.3) is 22.3 Å². The fourth-order valence-corrected chi connectivity index (χ4v) is 3.64. The van der Waals surface area contributed by atoms with Gasteiger partial charge in [0.25, 0.3) is 0 Å². The van der Waals surface area contributed by atoms with E-state index in [-0.39, 0.29) is 0 Å². The Kier molecular flexibility index (Phi) is 10.5. The van der Waals surface area contributed by atoms with Gasteiger partial charge in [-0.05, 0) is 48.9 Å². The van der Waals surface area contributed by atoms with E-state index in [0.717, 1.165) is 59.4 Å². The molecule has 2 heteroatoms. The topological polar surface area (TPSA) is 18.5 Å². The third-order valence-corrected chi connectivity index (χ3v) is 5.34. The molecule has 0 aliphatic heterocycles. The molecular formula is C32H34O2. The van der Waals surface area contributed by atoms with Gasteiger partial charge >= 0.3 is 0 Å². The Morgan fingerprint density at radius 2 is 1.00 bits per heavy atom. The molecule has 174 valence electrons. The van der Waals surface area contributed by atoms with E-state index < -0.39 is 0 Å². The molecule has 34 heavy (non-hydrogen) atoms. The lowest BCUT2D eigenvalue weighted by Gasteiger charge is -2.18. The van der Waals surface area contributed by atoms with Gasteiger partial charge < -0.3 is 9.47 Å². The molecule has 0 aliphatic carbocycles. The molecule has 2 nitrogen and oxygen atoms in total. The van der Waals surface area contributed by atoms with Crippen molar-refractivity contribution in [3.63, 3.8) is 0 Å². The van der Waals surface area contributed by atoms with Crippen LogP contribution in [0.3, 0.4) is 0 Å². The minimum atomic E-state index is 0.644. The van der Waals surface area contributed by atoms with E-state index in [1.165, 1.54) is 0 Å². The molecule has 3 aromatic carbocycles. The van der Waals surface area contributed by atoms with Crippen LogP contribution in [-0.2, 0) is 0 Å². The SMILES string of the molecule is C=C/C=C/CCCOc1cc(-c2ccccc2)c(OCCC/C=C/C=C)cc1-c1ccccc1. The summed E-state index contributed by atoms with van der Waals surface area (Å²) < 4.78 is 12.7. The molecule has 0 bridgehead atoms. The molecule has 0 atom stereocenters. The Hall–Kier alpha value is -3.78. The smallest absolute Gasteiger partial charge is 0.128 e. The second kappa shape index (κ2) is 14.4. The zero-order chi connectivity index (χ0) is 23.8. The van der Waals surface area contributed by atoms with E-state index in [0.29, 0.717) is 13.2 Å². The number of allylic oxidation sites excluding steroid dienone is 6. The standard InChI is InChI=1S/C32H34O2/c1-3-5-7-9-17-23-33-31-25-30(28-21-15-12-16-22-28)32(34-24-18-10-8-6-4-2)26-29(31)27-19-13-11-14-20-27/h3-8,11-16,19-22,25-26H,1-2,9-10,17-18,23-24H2/b7-5+,8-6+. The first-order valence-corrected chi connectivity index (χ1v) is 11.9. The minimum absolute atomic E-state index is 0.644. The molecule has 0 aromatic heterocycles. The van der Waals surface area contributed by atoms with Gasteiger partial charge in [0.1, 0.15) is 11.5 Å². The van der Waals surface area contributed by atoms with Gasteiger partial charge in [0.15, 0.2) is 0 Å². The van der Waals surface area contributed by atoms with E-state index >= 15 is 0 Å². The Morgan fingerprint density at radius 3 is 1.38 bits per heavy atom. The van der Waals surface area contributed by atoms with E-state index in [4.69, 9.17) is 9.47 Å². The van der Waals surface area contributed by atoms with Gasteiger partial charge in [0.05, 0.1) is 13.2 Å². The molecular weight excluding hydrogens is 416 g/mol. The molecule has 0 spiro atoms. The third-order valence-electron chi connectivity index (χ3n) is 5.34. The number of rotatable bonds is 14. The molecule has 0 heterocycles. The molecule has 0 radical (unpaired) electrons. The summed E-state index contributed by atoms with van der Waals surface area (Å²) in [6.45, 7) is 8.73. The first kappa shape index (κ1) is 24.9. The Labute approximate surface area is 204 Å². The van der Waals surface area contributed by atoms with Crippen LogP contribution in [0.2, 0.25) is 0 Å². The van der Waals surface area contributed by atoms with Crippen LogP contribution in [0.4, 0.5) is 0 Å². The lowest BCUT2D eigenvalue weighted by atomic mass is 9.98. The average Bonchev–Trinajstić information content (AvgIpc) is 2.89. The predicted octanol–water partition coefficient (Wildman–Crippen LogP) is 8.82. The summed E-state index contributed by atoms with van der Waals surface area (Å²) in [6.07, 6.45) is 15.6. The molecule has 0 N–H and O–H groups in total. The summed E-state index contributed by atoms with van der Waals surface area (Å²) in [4.78, 5) is 0. The van der Waals surface area contributed by atoms with Crippen molar-refractivity contribution >= 4 is 0 Å². The van der Waals surface area contributed by atoms with Crippen LogP contribution in [0.15, 0.2) is 122 Å². The Morgan fingerprint density at radius 1 is 0.588 bits per heavy atom. The van der Waals surface area contributed by atoms with Gasteiger partial charge in [0.2, 0.25) is 0 Å². The molecule has 0 amide bonds. The summed E-state index contributed by atoms with van der Waals surface area (Å²) in [5, 5.41) is 0. The van der Waals surface area contributed by atoms with Crippen LogP contribution in [0.5, 0.6) is 11.5 Å². The molecule has 0 saturated heterocycles. The predicted molar refractivity (Wildman–Crippen MR) is 145 cm³/mol. The summed E-state index contributed by atoms with van der Waals surface area (Å²) >= 11 is 0. The van der Waals surface area contributed by atoms with Gasteiger partial charge in [-0.3, -0.25) is 0 Å². The largest absolute Gasteiger partial charge is 0.493 e. The van der Waals surface area contributed by atoms with Crippen molar-refractivity contribution in [1.82, 2.24) is 0 Å². The van der Waals surface area contributed by atoms with Crippen LogP contribution < -0.4 is 9.47 Å². The molecule has 0 unspecified atom stereocenters. The number of hydrogen-bond acceptors (Lipinski definition) is 2. The van der Waals surface area contributed by atoms with Crippen molar-refractivity contribution in [3.8, 4) is 33.8 Å². The van der Waals surface area contributed by atoms with Gasteiger partial charge in [-0.2, -0.15) is 0 Å². The molecule has 3 aromatic rings. The van der Waals surface area contributed by atoms with Crippen LogP contribution in [0, 0.1) is 0 Å². The highest BCUT2D eigenvalue weighted by Gasteiger charge is 2.15. The zero-order valence-corrected chi connectivity index (χ0v) is 19.9. The van der Waals surface area contributed by atoms with Crippen molar-refractivity contribution in [2.24, 2.45) is 0 Å². The number of benzene rings is 3. The summed E-state index contributed by atoms with van der Waals surface area (Å²) in [6, 6.07) is 25.0. The summed E-state index contributed by atoms with van der Waals surface area (Å²) in [5.41, 5.74) is 4.32. The van der Waals surface area contributed by atoms with E-state index in [9.17, 15) is 0 Å². The van der Waals surface area contributed by atoms with Crippen molar-refractivity contribution in [2.75, 3.05) is 13.2 Å². The monoisotopic (exact) mass is 450 g/mol. The maximum atomic E-state index is 6.33. The third kappa shape index (κ3) is 7.67. The molecule has 0 aliphatic rings. The van der Waals surface area contributed by atoms with Gasteiger partial charge in [-0.25, -0.2) is 0 Å². The lowest BCUT2D eigenvalue weighted by Crippen LogP contribution is -2.02. The highest BCUT2D eigenvalue weighted by Crippen LogP contribution is 2.41. The summed E-state index contributed by atoms with van der Waals surface area (Å²) in [5.74, 6) is 1.75. The quantitative estimate of drug-likeness (QED) is 0.180. The number of ether oxygens (including phenoxy) is 2. The molecule has 0 saturated carbocycles. The van der Waals surface area contributed by atoms with Crippen molar-refractivity contribution < 1.29 is 9.47 Å². The van der Waals surface area contributed by atoms with Gasteiger partial charge in [0, 0.05) is 11.1 Å². The maximum absolute atomic E-state index is 6.33. The maximum Gasteiger partial charge on any atom is 0.128 e.